The van der Waals surface area contributed by atoms with E-state index in [9.17, 15) is 4.79 Å². The summed E-state index contributed by atoms with van der Waals surface area (Å²) in [6.07, 6.45) is 1.96. The number of hydrogen-bond acceptors (Lipinski definition) is 4. The molecule has 1 atom stereocenters. The number of methoxy groups -OCH3 is 1. The summed E-state index contributed by atoms with van der Waals surface area (Å²) in [5.41, 5.74) is 6.55. The van der Waals surface area contributed by atoms with E-state index >= 15 is 0 Å². The molecule has 1 aromatic heterocycles. The molecular weight excluding hydrogens is 170 g/mol. The first kappa shape index (κ1) is 9.80. The molecule has 72 valence electrons. The number of esters is 1. The highest BCUT2D eigenvalue weighted by Crippen LogP contribution is 2.10. The molecule has 0 aliphatic rings. The van der Waals surface area contributed by atoms with E-state index in [1.807, 2.05) is 13.0 Å². The number of rotatable bonds is 3. The van der Waals surface area contributed by atoms with Crippen molar-refractivity contribution in [3.8, 4) is 0 Å². The Labute approximate surface area is 76.7 Å². The highest BCUT2D eigenvalue weighted by atomic mass is 16.5. The second kappa shape index (κ2) is 4.09. The quantitative estimate of drug-likeness (QED) is 0.698. The predicted octanol–water partition coefficient (Wildman–Crippen LogP) is 0.631. The molecule has 0 fully saturated rings. The lowest BCUT2D eigenvalue weighted by Gasteiger charge is -2.07. The number of carbonyl (C=O) groups is 1. The largest absolute Gasteiger partial charge is 0.469 e. The van der Waals surface area contributed by atoms with E-state index in [2.05, 4.69) is 4.74 Å². The summed E-state index contributed by atoms with van der Waals surface area (Å²) in [4.78, 5) is 11.0. The molecule has 4 heteroatoms. The van der Waals surface area contributed by atoms with Gasteiger partial charge in [-0.2, -0.15) is 0 Å². The molecule has 0 aliphatic heterocycles. The van der Waals surface area contributed by atoms with E-state index in [0.29, 0.717) is 6.42 Å². The van der Waals surface area contributed by atoms with Gasteiger partial charge in [-0.25, -0.2) is 0 Å². The molecule has 1 rings (SSSR count). The van der Waals surface area contributed by atoms with E-state index in [0.717, 1.165) is 11.3 Å². The van der Waals surface area contributed by atoms with Crippen molar-refractivity contribution in [3.63, 3.8) is 0 Å². The SMILES string of the molecule is COC(=O)C(N)Cc1occc1C. The van der Waals surface area contributed by atoms with Crippen LogP contribution >= 0.6 is 0 Å². The number of aryl methyl sites for hydroxylation is 1. The van der Waals surface area contributed by atoms with E-state index < -0.39 is 12.0 Å². The minimum Gasteiger partial charge on any atom is -0.469 e. The van der Waals surface area contributed by atoms with E-state index in [4.69, 9.17) is 10.2 Å². The highest BCUT2D eigenvalue weighted by Gasteiger charge is 2.16. The van der Waals surface area contributed by atoms with Gasteiger partial charge in [0.25, 0.3) is 0 Å². The van der Waals surface area contributed by atoms with Crippen molar-refractivity contribution in [3.05, 3.63) is 23.7 Å². The summed E-state index contributed by atoms with van der Waals surface area (Å²) in [5.74, 6) is 0.314. The molecular formula is C9H13NO3. The Morgan fingerprint density at radius 3 is 2.92 bits per heavy atom. The van der Waals surface area contributed by atoms with Gasteiger partial charge in [-0.1, -0.05) is 0 Å². The number of carbonyl (C=O) groups excluding carboxylic acids is 1. The molecule has 0 bridgehead atoms. The fraction of sp³-hybridized carbons (Fsp3) is 0.444. The molecule has 0 spiro atoms. The summed E-state index contributed by atoms with van der Waals surface area (Å²) >= 11 is 0. The van der Waals surface area contributed by atoms with Crippen LogP contribution in [0.3, 0.4) is 0 Å². The topological polar surface area (TPSA) is 65.5 Å². The molecule has 0 amide bonds. The third kappa shape index (κ3) is 2.32. The molecule has 0 aliphatic carbocycles. The Morgan fingerprint density at radius 2 is 2.46 bits per heavy atom. The zero-order valence-corrected chi connectivity index (χ0v) is 7.74. The van der Waals surface area contributed by atoms with Crippen LogP contribution in [-0.4, -0.2) is 19.1 Å². The van der Waals surface area contributed by atoms with Crippen LogP contribution in [0.1, 0.15) is 11.3 Å². The Balaban J connectivity index is 2.59. The molecule has 0 saturated heterocycles. The first-order valence-corrected chi connectivity index (χ1v) is 4.01. The monoisotopic (exact) mass is 183 g/mol. The summed E-state index contributed by atoms with van der Waals surface area (Å²) in [6.45, 7) is 1.91. The van der Waals surface area contributed by atoms with Gasteiger partial charge < -0.3 is 14.9 Å². The first-order valence-electron chi connectivity index (χ1n) is 4.01. The van der Waals surface area contributed by atoms with Gasteiger partial charge in [-0.3, -0.25) is 4.79 Å². The van der Waals surface area contributed by atoms with Crippen LogP contribution in [0.2, 0.25) is 0 Å². The third-order valence-electron chi connectivity index (χ3n) is 1.88. The number of hydrogen-bond donors (Lipinski definition) is 1. The average Bonchev–Trinajstić information content (AvgIpc) is 2.50. The fourth-order valence-corrected chi connectivity index (χ4v) is 1.05. The van der Waals surface area contributed by atoms with Crippen LogP contribution < -0.4 is 5.73 Å². The lowest BCUT2D eigenvalue weighted by Crippen LogP contribution is -2.33. The molecule has 13 heavy (non-hydrogen) atoms. The standard InChI is InChI=1S/C9H13NO3/c1-6-3-4-13-8(6)5-7(10)9(11)12-2/h3-4,7H,5,10H2,1-2H3. The van der Waals surface area contributed by atoms with Gasteiger partial charge in [0.05, 0.1) is 13.4 Å². The summed E-state index contributed by atoms with van der Waals surface area (Å²) < 4.78 is 9.64. The van der Waals surface area contributed by atoms with Gasteiger partial charge in [-0.05, 0) is 18.6 Å². The van der Waals surface area contributed by atoms with Crippen molar-refractivity contribution in [2.75, 3.05) is 7.11 Å². The molecule has 0 saturated carbocycles. The van der Waals surface area contributed by atoms with Crippen LogP contribution in [0.5, 0.6) is 0 Å². The van der Waals surface area contributed by atoms with Crippen LogP contribution in [0.4, 0.5) is 0 Å². The Hall–Kier alpha value is -1.29. The maximum absolute atomic E-state index is 11.0. The number of ether oxygens (including phenoxy) is 1. The van der Waals surface area contributed by atoms with Crippen LogP contribution in [0.25, 0.3) is 0 Å². The molecule has 0 radical (unpaired) electrons. The molecule has 2 N–H and O–H groups in total. The molecule has 1 heterocycles. The molecule has 0 aromatic carbocycles. The van der Waals surface area contributed by atoms with Crippen molar-refractivity contribution in [1.82, 2.24) is 0 Å². The van der Waals surface area contributed by atoms with E-state index in [-0.39, 0.29) is 0 Å². The number of nitrogens with two attached hydrogens (primary N) is 1. The lowest BCUT2D eigenvalue weighted by molar-refractivity contribution is -0.142. The Bertz CT molecular complexity index is 293. The zero-order chi connectivity index (χ0) is 9.84. The smallest absolute Gasteiger partial charge is 0.323 e. The normalized spacial score (nSPS) is 12.5. The minimum absolute atomic E-state index is 0.380. The summed E-state index contributed by atoms with van der Waals surface area (Å²) in [7, 11) is 1.32. The molecule has 4 nitrogen and oxygen atoms in total. The minimum atomic E-state index is -0.644. The third-order valence-corrected chi connectivity index (χ3v) is 1.88. The van der Waals surface area contributed by atoms with Crippen molar-refractivity contribution in [2.24, 2.45) is 5.73 Å². The van der Waals surface area contributed by atoms with Crippen LogP contribution in [0, 0.1) is 6.92 Å². The van der Waals surface area contributed by atoms with Gasteiger partial charge in [0.1, 0.15) is 11.8 Å². The van der Waals surface area contributed by atoms with Gasteiger partial charge in [0.2, 0.25) is 0 Å². The van der Waals surface area contributed by atoms with Crippen LogP contribution in [0.15, 0.2) is 16.7 Å². The predicted molar refractivity (Wildman–Crippen MR) is 47.1 cm³/mol. The van der Waals surface area contributed by atoms with Gasteiger partial charge >= 0.3 is 5.97 Å². The summed E-state index contributed by atoms with van der Waals surface area (Å²) in [6, 6.07) is 1.19. The second-order valence-corrected chi connectivity index (χ2v) is 2.86. The average molecular weight is 183 g/mol. The van der Waals surface area contributed by atoms with Crippen molar-refractivity contribution in [1.29, 1.82) is 0 Å². The van der Waals surface area contributed by atoms with E-state index in [1.54, 1.807) is 6.26 Å². The van der Waals surface area contributed by atoms with Crippen molar-refractivity contribution < 1.29 is 13.9 Å². The maximum atomic E-state index is 11.0. The van der Waals surface area contributed by atoms with Gasteiger partial charge in [0, 0.05) is 6.42 Å². The van der Waals surface area contributed by atoms with Crippen molar-refractivity contribution >= 4 is 5.97 Å². The van der Waals surface area contributed by atoms with Crippen molar-refractivity contribution in [2.45, 2.75) is 19.4 Å². The molecule has 1 unspecified atom stereocenters. The van der Waals surface area contributed by atoms with Crippen LogP contribution in [-0.2, 0) is 16.0 Å². The number of furan rings is 1. The maximum Gasteiger partial charge on any atom is 0.323 e. The van der Waals surface area contributed by atoms with Gasteiger partial charge in [0.15, 0.2) is 0 Å². The fourth-order valence-electron chi connectivity index (χ4n) is 1.05. The summed E-state index contributed by atoms with van der Waals surface area (Å²) in [5, 5.41) is 0. The Kier molecular flexibility index (Phi) is 3.08. The second-order valence-electron chi connectivity index (χ2n) is 2.86. The van der Waals surface area contributed by atoms with E-state index in [1.165, 1.54) is 7.11 Å². The van der Waals surface area contributed by atoms with Gasteiger partial charge in [-0.15, -0.1) is 0 Å². The first-order chi connectivity index (χ1) is 6.15. The Morgan fingerprint density at radius 1 is 1.77 bits per heavy atom. The zero-order valence-electron chi connectivity index (χ0n) is 7.74. The molecule has 1 aromatic rings. The lowest BCUT2D eigenvalue weighted by atomic mass is 10.1. The highest BCUT2D eigenvalue weighted by molar-refractivity contribution is 5.75.